The second-order valence-corrected chi connectivity index (χ2v) is 26.3. The Hall–Kier alpha value is -10.9. The highest BCUT2D eigenvalue weighted by molar-refractivity contribution is 5.92. The summed E-state index contributed by atoms with van der Waals surface area (Å²) in [5, 5.41) is 65.4. The number of benzene rings is 4. The summed E-state index contributed by atoms with van der Waals surface area (Å²) in [5.41, 5.74) is 18.4. The van der Waals surface area contributed by atoms with Crippen LogP contribution >= 0.6 is 0 Å². The number of hydrogen-bond donors (Lipinski definition) is 11. The van der Waals surface area contributed by atoms with Crippen LogP contribution in [0, 0.1) is 23.7 Å². The molecule has 33 heteroatoms. The third-order valence-corrected chi connectivity index (χ3v) is 17.9. The molecule has 0 radical (unpaired) electrons. The molecule has 0 saturated heterocycles. The van der Waals surface area contributed by atoms with Crippen LogP contribution in [0.4, 0.5) is 9.59 Å². The number of azide groups is 2. The van der Waals surface area contributed by atoms with Gasteiger partial charge in [-0.3, -0.25) is 47.9 Å². The predicted octanol–water partition coefficient (Wildman–Crippen LogP) is 7.95. The fourth-order valence-electron chi connectivity index (χ4n) is 11.9. The number of rotatable bonds is 51. The predicted molar refractivity (Wildman–Crippen MR) is 391 cm³/mol. The van der Waals surface area contributed by atoms with Gasteiger partial charge in [0.2, 0.25) is 17.7 Å². The Bertz CT molecular complexity index is 3780. The molecule has 0 aromatic heterocycles. The van der Waals surface area contributed by atoms with E-state index < -0.39 is 83.5 Å². The summed E-state index contributed by atoms with van der Waals surface area (Å²) in [4.78, 5) is 175. The van der Waals surface area contributed by atoms with Gasteiger partial charge in [0.25, 0.3) is 0 Å². The molecule has 1 aliphatic carbocycles. The van der Waals surface area contributed by atoms with E-state index in [-0.39, 0.29) is 157 Å². The molecule has 4 aromatic carbocycles. The van der Waals surface area contributed by atoms with E-state index in [0.717, 1.165) is 45.5 Å². The number of nitrogens with one attached hydrogen (secondary N) is 7. The largest absolute Gasteiger partial charge is 0.481 e. The smallest absolute Gasteiger partial charge is 0.326 e. The van der Waals surface area contributed by atoms with Gasteiger partial charge in [-0.1, -0.05) is 95.2 Å². The molecule has 6 atom stereocenters. The Morgan fingerprint density at radius 3 is 1.38 bits per heavy atom. The third kappa shape index (κ3) is 36.6. The average molecular weight is 1490 g/mol. The van der Waals surface area contributed by atoms with Crippen LogP contribution in [-0.2, 0) is 79.8 Å². The van der Waals surface area contributed by atoms with Gasteiger partial charge in [0.15, 0.2) is 11.6 Å². The molecule has 1 aliphatic rings. The van der Waals surface area contributed by atoms with E-state index in [1.165, 1.54) is 13.8 Å². The van der Waals surface area contributed by atoms with Crippen molar-refractivity contribution in [3.63, 3.8) is 0 Å². The molecule has 11 N–H and O–H groups in total. The Balaban J connectivity index is 0.000000452. The van der Waals surface area contributed by atoms with Crippen LogP contribution < -0.4 is 37.2 Å². The summed E-state index contributed by atoms with van der Waals surface area (Å²) >= 11 is 0. The van der Waals surface area contributed by atoms with E-state index in [9.17, 15) is 77.3 Å². The quantitative estimate of drug-likeness (QED) is 0.00864. The molecular weight excluding hydrogens is 1390 g/mol. The van der Waals surface area contributed by atoms with Gasteiger partial charge < -0.3 is 67.1 Å². The number of carboxylic acids is 4. The molecule has 0 unspecified atom stereocenters. The lowest BCUT2D eigenvalue weighted by atomic mass is 9.77. The summed E-state index contributed by atoms with van der Waals surface area (Å²) in [6, 6.07) is 21.0. The first-order chi connectivity index (χ1) is 51.2. The van der Waals surface area contributed by atoms with Crippen molar-refractivity contribution < 1.29 is 97.0 Å². The third-order valence-electron chi connectivity index (χ3n) is 17.9. The monoisotopic (exact) mass is 1490 g/mol. The number of amides is 7. The number of carbonyl (C=O) groups is 14. The van der Waals surface area contributed by atoms with Crippen LogP contribution in [-0.4, -0.2) is 186 Å². The number of aliphatic carboxylic acids is 4. The Kier molecular flexibility index (Phi) is 41.2. The number of carboxylic acid groups (broad SMARTS) is 4. The lowest BCUT2D eigenvalue weighted by Crippen LogP contribution is -2.50. The number of Topliss-reactive ketones (excluding diaryl/α,β-unsaturated/α-hetero) is 5. The minimum absolute atomic E-state index is 0.0143. The molecular formula is C74H99N13O20. The summed E-state index contributed by atoms with van der Waals surface area (Å²) < 4.78 is 10.9. The number of urea groups is 2. The Labute approximate surface area is 618 Å². The van der Waals surface area contributed by atoms with Crippen molar-refractivity contribution in [2.24, 2.45) is 33.9 Å². The molecule has 33 nitrogen and oxygen atoms in total. The molecule has 580 valence electrons. The van der Waals surface area contributed by atoms with Crippen molar-refractivity contribution in [1.29, 1.82) is 0 Å². The van der Waals surface area contributed by atoms with Crippen molar-refractivity contribution in [2.45, 2.75) is 173 Å². The standard InChI is InChI=1S/C37H49N7O9.C37H50N6O11/c1-23(45)30(15-16-34(48)49)42-37(53)43-31(36(51)52)8-4-5-17-39-35(50)29(19-25-11-12-26-6-2-3-7-28(26)18-25)20-32(46)27-13-9-24(10-14-27)21-40-33(47)22-41-44-38;1-25(44)32(13-14-34(47)48)41-37(52)42-33(36(50)51)10-4-5-16-39-35(49)29(22-26-11-12-27-7-2-3-8-28(27)21-26)23-30(45)15-18-54-20-19-53-17-6-9-31(46)24-40-43-38/h2-3,6-7,11-12,18,24,27,29-31H,4-5,8-10,13-17,19-22H2,1H3,(H,39,50)(H,40,47)(H,48,49)(H,51,52)(H2,42,43,53);2-3,7-8,11-12,21,29,32-33H,4-6,9-10,13-20,22-24H2,1H3,(H,39,49)(H,47,48)(H,50,51)(H2,41,42,52)/t24?,27?,29-,30+,31+;29-,32+,33+/m11/s1. The number of ether oxygens (including phenoxy) is 2. The fraction of sp³-hybridized carbons (Fsp3) is 0.541. The zero-order valence-electron chi connectivity index (χ0n) is 60.4. The maximum atomic E-state index is 13.6. The highest BCUT2D eigenvalue weighted by atomic mass is 16.5. The first-order valence-corrected chi connectivity index (χ1v) is 35.8. The first kappa shape index (κ1) is 88.5. The molecule has 0 heterocycles. The molecule has 1 fully saturated rings. The van der Waals surface area contributed by atoms with Gasteiger partial charge in [-0.25, -0.2) is 19.2 Å². The zero-order chi connectivity index (χ0) is 78.5. The van der Waals surface area contributed by atoms with Crippen LogP contribution in [0.2, 0.25) is 0 Å². The van der Waals surface area contributed by atoms with Crippen LogP contribution in [0.25, 0.3) is 42.4 Å². The molecule has 7 amide bonds. The lowest BCUT2D eigenvalue weighted by Gasteiger charge is -2.28. The van der Waals surface area contributed by atoms with Crippen molar-refractivity contribution in [2.75, 3.05) is 59.2 Å². The summed E-state index contributed by atoms with van der Waals surface area (Å²) in [6.07, 6.45) is 4.85. The van der Waals surface area contributed by atoms with Crippen LogP contribution in [0.15, 0.2) is 95.2 Å². The minimum atomic E-state index is -1.29. The van der Waals surface area contributed by atoms with Gasteiger partial charge in [-0.05, 0) is 160 Å². The Morgan fingerprint density at radius 1 is 0.477 bits per heavy atom. The SMILES string of the molecule is CC(=O)[C@H](CCC(=O)O)NC(=O)N[C@@H](CCCCNC(=O)[C@@H](CC(=O)C1CCC(CNC(=O)CN=[N+]=[N-])CC1)Cc1ccc2ccccc2c1)C(=O)O.CC(=O)[C@H](CCC(=O)O)NC(=O)N[C@@H](CCCCNC(=O)[C@@H](CC(=O)CCOCCOCCCC(=O)CN=[N+]=[N-])Cc1ccc2ccccc2c1)C(=O)O. The minimum Gasteiger partial charge on any atom is -0.481 e. The first-order valence-electron chi connectivity index (χ1n) is 35.8. The van der Waals surface area contributed by atoms with E-state index in [2.05, 4.69) is 57.3 Å². The zero-order valence-corrected chi connectivity index (χ0v) is 60.4. The lowest BCUT2D eigenvalue weighted by molar-refractivity contribution is -0.140. The number of hydrogen-bond acceptors (Lipinski definition) is 18. The van der Waals surface area contributed by atoms with E-state index in [1.54, 1.807) is 0 Å². The molecule has 4 aromatic rings. The molecule has 1 saturated carbocycles. The van der Waals surface area contributed by atoms with Crippen LogP contribution in [0.1, 0.15) is 147 Å². The van der Waals surface area contributed by atoms with Crippen LogP contribution in [0.5, 0.6) is 0 Å². The number of nitrogens with zero attached hydrogens (tertiary/aromatic N) is 6. The van der Waals surface area contributed by atoms with Gasteiger partial charge in [-0.2, -0.15) is 0 Å². The van der Waals surface area contributed by atoms with Crippen molar-refractivity contribution >= 4 is 104 Å². The highest BCUT2D eigenvalue weighted by Gasteiger charge is 2.32. The van der Waals surface area contributed by atoms with E-state index in [4.69, 9.17) is 30.7 Å². The topological polar surface area (TPSA) is 520 Å². The van der Waals surface area contributed by atoms with Gasteiger partial charge in [-0.15, -0.1) is 0 Å². The summed E-state index contributed by atoms with van der Waals surface area (Å²) in [6.45, 7) is 3.83. The molecule has 0 spiro atoms. The highest BCUT2D eigenvalue weighted by Crippen LogP contribution is 2.32. The normalized spacial score (nSPS) is 14.7. The second-order valence-electron chi connectivity index (χ2n) is 26.3. The van der Waals surface area contributed by atoms with Crippen molar-refractivity contribution in [3.05, 3.63) is 117 Å². The van der Waals surface area contributed by atoms with Gasteiger partial charge in [0, 0.05) is 92.3 Å². The summed E-state index contributed by atoms with van der Waals surface area (Å²) in [5.74, 6) is -8.33. The molecule has 0 aliphatic heterocycles. The Morgan fingerprint density at radius 2 is 0.925 bits per heavy atom. The van der Waals surface area contributed by atoms with Gasteiger partial charge in [0.05, 0.1) is 38.4 Å². The number of unbranched alkanes of at least 4 members (excludes halogenated alkanes) is 2. The van der Waals surface area contributed by atoms with Crippen molar-refractivity contribution in [3.8, 4) is 0 Å². The molecule has 5 rings (SSSR count). The van der Waals surface area contributed by atoms with E-state index in [0.29, 0.717) is 70.9 Å². The van der Waals surface area contributed by atoms with E-state index >= 15 is 0 Å². The number of ketones is 5. The summed E-state index contributed by atoms with van der Waals surface area (Å²) in [7, 11) is 0. The average Bonchev–Trinajstić information content (AvgIpc) is 0.838. The molecule has 0 bridgehead atoms. The van der Waals surface area contributed by atoms with Gasteiger partial charge in [0.1, 0.15) is 36.0 Å². The number of carbonyl (C=O) groups excluding carboxylic acids is 10. The number of fused-ring (bicyclic) bond motifs is 2. The van der Waals surface area contributed by atoms with Crippen LogP contribution in [0.3, 0.4) is 0 Å². The fourth-order valence-corrected chi connectivity index (χ4v) is 11.9. The second kappa shape index (κ2) is 49.8. The maximum Gasteiger partial charge on any atom is 0.326 e. The van der Waals surface area contributed by atoms with E-state index in [1.807, 2.05) is 84.9 Å². The molecule has 107 heavy (non-hydrogen) atoms. The maximum absolute atomic E-state index is 13.6. The van der Waals surface area contributed by atoms with Crippen molar-refractivity contribution in [1.82, 2.24) is 37.2 Å². The van der Waals surface area contributed by atoms with Gasteiger partial charge >= 0.3 is 35.9 Å².